The van der Waals surface area contributed by atoms with Crippen molar-refractivity contribution < 1.29 is 193 Å². The monoisotopic (exact) mass is 1940 g/mol. The molecule has 0 radical (unpaired) electrons. The standard InChI is InChI=1S/C76H56Br4F4O36/c77-61-53-49(29-1-9-33(81)10-2-29)54-62(78)56(68(112-20-40(91)92)74(118-26-46(103)104)66(54)110-18-38(87)88)51(31-5-13-35(83)14-6-31)58-64(80)60(72(116-24-44(99)100)76(120-28-48(107)108)70(58)114-22-42(95)96)52(32-7-15-36(84)16-8-32)59-63(79)57(69(113-21-41(93)94)75(119-27-47(105)106)71(59)115-23-43(97)98)50(30-3-11-34(82)12-4-30)55(61)67(111-19-39(89)90)73(117-25-45(101)102)65(53)109-17-37(85)86/h1-16,49-52H,17-28H2,(H,85,86)(H,87,88)(H,89,90)(H,91,92)(H,93,94)(H,95,96)(H,97,98)(H,99,100)(H,101,102)(H,103,104)(H,105,106)(H,107,108). The molecule has 8 aromatic rings. The topological polar surface area (TPSA) is 558 Å². The molecule has 0 atom stereocenters. The Morgan fingerprint density at radius 1 is 0.200 bits per heavy atom. The van der Waals surface area contributed by atoms with Gasteiger partial charge in [-0.3, -0.25) is 0 Å². The number of hydrogen-bond acceptors (Lipinski definition) is 24. The van der Waals surface area contributed by atoms with Crippen molar-refractivity contribution in [3.8, 4) is 69.0 Å². The Bertz CT molecular complexity index is 4550. The number of hydrogen-bond donors (Lipinski definition) is 12. The molecule has 1 aliphatic rings. The summed E-state index contributed by atoms with van der Waals surface area (Å²) in [4.78, 5) is 160. The lowest BCUT2D eigenvalue weighted by Gasteiger charge is -2.37. The van der Waals surface area contributed by atoms with Crippen LogP contribution in [-0.2, 0) is 57.5 Å². The van der Waals surface area contributed by atoms with Crippen LogP contribution in [-0.4, -0.2) is 212 Å². The molecule has 36 nitrogen and oxygen atoms in total. The minimum Gasteiger partial charge on any atom is -0.479 e. The summed E-state index contributed by atoms with van der Waals surface area (Å²) < 4.78 is 135. The van der Waals surface area contributed by atoms with Crippen LogP contribution in [0.15, 0.2) is 115 Å². The Morgan fingerprint density at radius 3 is 0.400 bits per heavy atom. The van der Waals surface area contributed by atoms with Gasteiger partial charge in [-0.15, -0.1) is 0 Å². The molecule has 12 N–H and O–H groups in total. The van der Waals surface area contributed by atoms with E-state index in [0.29, 0.717) is 0 Å². The van der Waals surface area contributed by atoms with Crippen LogP contribution in [0.2, 0.25) is 0 Å². The third-order valence-electron chi connectivity index (χ3n) is 16.7. The van der Waals surface area contributed by atoms with Crippen LogP contribution < -0.4 is 56.8 Å². The van der Waals surface area contributed by atoms with Crippen molar-refractivity contribution in [2.45, 2.75) is 23.7 Å². The van der Waals surface area contributed by atoms with E-state index in [2.05, 4.69) is 63.7 Å². The van der Waals surface area contributed by atoms with Crippen LogP contribution in [0.25, 0.3) is 0 Å². The van der Waals surface area contributed by atoms with E-state index in [1.54, 1.807) is 0 Å². The predicted octanol–water partition coefficient (Wildman–Crippen LogP) is 9.89. The molecule has 120 heavy (non-hydrogen) atoms. The minimum atomic E-state index is -2.48. The highest BCUT2D eigenvalue weighted by atomic mass is 79.9. The van der Waals surface area contributed by atoms with Crippen LogP contribution in [0, 0.1) is 23.3 Å². The van der Waals surface area contributed by atoms with E-state index in [1.165, 1.54) is 0 Å². The maximum Gasteiger partial charge on any atom is 0.341 e. The SMILES string of the molecule is O=C(O)COc1c(OCC(=O)O)c2c(Br)c(c1OCC(=O)O)C(c1ccc(F)cc1)c1c(Br)c(c(OCC(=O)O)c(OCC(=O)O)c1OCC(=O)O)C(c1ccc(F)cc1)c1c(Br)c(c(OCC(=O)O)c(OCC(=O)O)c1OCC(=O)O)C(c1ccc(F)cc1)c1c(Br)c(c(OCC(=O)O)c(OCC(=O)O)c1OCC(=O)O)C2c1ccc(F)cc1. The quantitative estimate of drug-likeness (QED) is 0.0159. The molecule has 632 valence electrons. The zero-order chi connectivity index (χ0) is 88.0. The van der Waals surface area contributed by atoms with Gasteiger partial charge >= 0.3 is 71.6 Å². The highest BCUT2D eigenvalue weighted by Crippen LogP contribution is 2.67. The van der Waals surface area contributed by atoms with Gasteiger partial charge in [0.1, 0.15) is 23.3 Å². The Labute approximate surface area is 701 Å². The van der Waals surface area contributed by atoms with Crippen LogP contribution >= 0.6 is 63.7 Å². The van der Waals surface area contributed by atoms with Gasteiger partial charge in [-0.05, 0) is 135 Å². The number of carbonyl (C=O) groups is 12. The number of aliphatic carboxylic acids is 12. The molecule has 0 saturated heterocycles. The highest BCUT2D eigenvalue weighted by molar-refractivity contribution is 9.11. The van der Waals surface area contributed by atoms with E-state index in [4.69, 9.17) is 56.8 Å². The summed E-state index contributed by atoms with van der Waals surface area (Å²) in [5.41, 5.74) is -9.20. The van der Waals surface area contributed by atoms with Crippen LogP contribution in [0.3, 0.4) is 0 Å². The van der Waals surface area contributed by atoms with Gasteiger partial charge in [0.25, 0.3) is 0 Å². The van der Waals surface area contributed by atoms with E-state index >= 15 is 17.6 Å². The third-order valence-corrected chi connectivity index (χ3v) is 20.1. The second-order valence-corrected chi connectivity index (χ2v) is 27.8. The zero-order valence-electron chi connectivity index (χ0n) is 60.2. The van der Waals surface area contributed by atoms with Gasteiger partial charge in [0.15, 0.2) is 125 Å². The van der Waals surface area contributed by atoms with Gasteiger partial charge in [-0.25, -0.2) is 75.1 Å². The number of carboxylic acid groups (broad SMARTS) is 12. The first-order valence-electron chi connectivity index (χ1n) is 33.6. The molecule has 44 heteroatoms. The first kappa shape index (κ1) is 90.6. The number of benzene rings is 8. The van der Waals surface area contributed by atoms with Crippen molar-refractivity contribution >= 4 is 135 Å². The van der Waals surface area contributed by atoms with Crippen molar-refractivity contribution in [1.82, 2.24) is 0 Å². The van der Waals surface area contributed by atoms with E-state index in [9.17, 15) is 119 Å². The van der Waals surface area contributed by atoms with Crippen molar-refractivity contribution in [1.29, 1.82) is 0 Å². The normalized spacial score (nSPS) is 13.9. The Balaban J connectivity index is 1.91. The molecule has 0 aliphatic heterocycles. The van der Waals surface area contributed by atoms with Gasteiger partial charge in [-0.1, -0.05) is 48.5 Å². The average Bonchev–Trinajstić information content (AvgIpc) is 0.701. The fourth-order valence-corrected chi connectivity index (χ4v) is 15.9. The number of halogens is 8. The fourth-order valence-electron chi connectivity index (χ4n) is 12.6. The van der Waals surface area contributed by atoms with Crippen molar-refractivity contribution in [2.75, 3.05) is 79.3 Å². The minimum absolute atomic E-state index is 0.502. The van der Waals surface area contributed by atoms with Crippen molar-refractivity contribution in [3.05, 3.63) is 205 Å². The second-order valence-electron chi connectivity index (χ2n) is 24.6. The van der Waals surface area contributed by atoms with Crippen LogP contribution in [0.4, 0.5) is 17.6 Å². The molecule has 0 aromatic heterocycles. The summed E-state index contributed by atoms with van der Waals surface area (Å²) in [6.45, 7) is -19.9. The molecule has 8 aromatic carbocycles. The van der Waals surface area contributed by atoms with Gasteiger partial charge < -0.3 is 118 Å². The largest absolute Gasteiger partial charge is 0.479 e. The Morgan fingerprint density at radius 2 is 0.300 bits per heavy atom. The van der Waals surface area contributed by atoms with Gasteiger partial charge in [-0.2, -0.15) is 0 Å². The molecular formula is C76H56Br4F4O36. The first-order chi connectivity index (χ1) is 56.8. The lowest BCUT2D eigenvalue weighted by atomic mass is 9.74. The summed E-state index contributed by atoms with van der Waals surface area (Å²) in [5, 5.41) is 129. The fraction of sp³-hybridized carbons (Fsp3) is 0.211. The van der Waals surface area contributed by atoms with Crippen molar-refractivity contribution in [2.24, 2.45) is 0 Å². The Kier molecular flexibility index (Phi) is 30.0. The van der Waals surface area contributed by atoms with E-state index in [1.807, 2.05) is 0 Å². The van der Waals surface area contributed by atoms with Gasteiger partial charge in [0, 0.05) is 86.1 Å². The molecule has 0 heterocycles. The summed E-state index contributed by atoms with van der Waals surface area (Å²) in [5.74, 6) is -52.4. The molecular weight excluding hydrogens is 1880 g/mol. The third kappa shape index (κ3) is 21.1. The van der Waals surface area contributed by atoms with Crippen LogP contribution in [0.1, 0.15) is 90.4 Å². The summed E-state index contributed by atoms with van der Waals surface area (Å²) >= 11 is 14.4. The van der Waals surface area contributed by atoms with Crippen LogP contribution in [0.5, 0.6) is 69.0 Å². The van der Waals surface area contributed by atoms with E-state index < -0.39 is 352 Å². The highest BCUT2D eigenvalue weighted by Gasteiger charge is 2.48. The molecule has 0 saturated carbocycles. The summed E-state index contributed by atoms with van der Waals surface area (Å²) in [7, 11) is 0. The van der Waals surface area contributed by atoms with E-state index in [-0.39, 0.29) is 0 Å². The molecule has 0 amide bonds. The van der Waals surface area contributed by atoms with Gasteiger partial charge in [0.2, 0.25) is 23.0 Å². The lowest BCUT2D eigenvalue weighted by Crippen LogP contribution is -2.24. The average molecular weight is 1940 g/mol. The maximum atomic E-state index is 16.2. The maximum absolute atomic E-state index is 16.2. The number of carboxylic acids is 12. The smallest absolute Gasteiger partial charge is 0.341 e. The summed E-state index contributed by atoms with van der Waals surface area (Å²) in [6.07, 6.45) is 0. The van der Waals surface area contributed by atoms with E-state index in [0.717, 1.165) is 97.1 Å². The first-order valence-corrected chi connectivity index (χ1v) is 36.7. The van der Waals surface area contributed by atoms with Gasteiger partial charge in [0.05, 0.1) is 0 Å². The predicted molar refractivity (Wildman–Crippen MR) is 404 cm³/mol. The molecule has 0 fully saturated rings. The number of ether oxygens (including phenoxy) is 12. The molecule has 1 aliphatic carbocycles. The van der Waals surface area contributed by atoms with Crippen molar-refractivity contribution in [3.63, 3.8) is 0 Å². The number of rotatable bonds is 40. The number of fused-ring (bicyclic) bond motifs is 8. The Hall–Kier alpha value is -13.4. The zero-order valence-corrected chi connectivity index (χ0v) is 66.6. The summed E-state index contributed by atoms with van der Waals surface area (Å²) in [6, 6.07) is 13.1. The molecule has 0 spiro atoms. The molecule has 8 bridgehead atoms. The molecule has 0 unspecified atom stereocenters. The lowest BCUT2D eigenvalue weighted by molar-refractivity contribution is -0.141. The second kappa shape index (κ2) is 39.7. The molecule has 9 rings (SSSR count).